The second-order valence-corrected chi connectivity index (χ2v) is 2.88. The molecule has 0 heterocycles. The van der Waals surface area contributed by atoms with Crippen molar-refractivity contribution in [2.45, 2.75) is 0 Å². The molecule has 0 fully saturated rings. The van der Waals surface area contributed by atoms with Crippen molar-refractivity contribution in [1.29, 1.82) is 0 Å². The van der Waals surface area contributed by atoms with E-state index >= 15 is 0 Å². The van der Waals surface area contributed by atoms with Crippen LogP contribution in [0.4, 0.5) is 0 Å². The molecule has 1 aromatic carbocycles. The van der Waals surface area contributed by atoms with Gasteiger partial charge in [0.05, 0.1) is 12.7 Å². The number of rotatable bonds is 1. The first-order chi connectivity index (χ1) is 7.27. The summed E-state index contributed by atoms with van der Waals surface area (Å²) in [4.78, 5) is 11.1. The van der Waals surface area contributed by atoms with Crippen LogP contribution in [0.5, 0.6) is 0 Å². The van der Waals surface area contributed by atoms with Gasteiger partial charge >= 0.3 is 5.97 Å². The fourth-order valence-electron chi connectivity index (χ4n) is 0.964. The van der Waals surface area contributed by atoms with E-state index in [0.717, 1.165) is 5.56 Å². The zero-order valence-electron chi connectivity index (χ0n) is 8.16. The molecule has 0 aromatic heterocycles. The summed E-state index contributed by atoms with van der Waals surface area (Å²) in [6.45, 7) is 0. The largest absolute Gasteiger partial charge is 0.465 e. The molecule has 0 amide bonds. The first-order valence-electron chi connectivity index (χ1n) is 4.23. The SMILES string of the molecule is COC(=O)c1ccc(C#CC=CCl)cc1. The summed E-state index contributed by atoms with van der Waals surface area (Å²) in [7, 11) is 1.35. The first kappa shape index (κ1) is 11.4. The van der Waals surface area contributed by atoms with Crippen LogP contribution in [-0.2, 0) is 4.74 Å². The van der Waals surface area contributed by atoms with Crippen molar-refractivity contribution in [2.75, 3.05) is 7.11 Å². The lowest BCUT2D eigenvalue weighted by Gasteiger charge is -1.97. The first-order valence-corrected chi connectivity index (χ1v) is 4.66. The Labute approximate surface area is 93.5 Å². The van der Waals surface area contributed by atoms with E-state index < -0.39 is 0 Å². The van der Waals surface area contributed by atoms with Gasteiger partial charge in [-0.15, -0.1) is 0 Å². The number of hydrogen-bond acceptors (Lipinski definition) is 2. The number of esters is 1. The number of methoxy groups -OCH3 is 1. The van der Waals surface area contributed by atoms with Crippen molar-refractivity contribution in [3.8, 4) is 11.8 Å². The molecular formula is C12H9ClO2. The molecule has 1 aromatic rings. The minimum Gasteiger partial charge on any atom is -0.465 e. The Morgan fingerprint density at radius 3 is 2.60 bits per heavy atom. The van der Waals surface area contributed by atoms with Crippen LogP contribution >= 0.6 is 11.6 Å². The summed E-state index contributed by atoms with van der Waals surface area (Å²) in [6.07, 6.45) is 1.54. The highest BCUT2D eigenvalue weighted by Gasteiger charge is 2.02. The monoisotopic (exact) mass is 220 g/mol. The summed E-state index contributed by atoms with van der Waals surface area (Å²) < 4.78 is 4.57. The maximum atomic E-state index is 11.1. The Bertz CT molecular complexity index is 421. The lowest BCUT2D eigenvalue weighted by atomic mass is 10.1. The van der Waals surface area contributed by atoms with Crippen LogP contribution in [0.3, 0.4) is 0 Å². The fraction of sp³-hybridized carbons (Fsp3) is 0.0833. The number of carbonyl (C=O) groups is 1. The summed E-state index contributed by atoms with van der Waals surface area (Å²) in [5.74, 6) is 5.24. The second kappa shape index (κ2) is 5.90. The minimum absolute atomic E-state index is 0.352. The third-order valence-electron chi connectivity index (χ3n) is 1.67. The Morgan fingerprint density at radius 1 is 1.40 bits per heavy atom. The average molecular weight is 221 g/mol. The molecule has 0 unspecified atom stereocenters. The van der Waals surface area contributed by atoms with Gasteiger partial charge in [0.1, 0.15) is 0 Å². The molecule has 0 bridgehead atoms. The Morgan fingerprint density at radius 2 is 2.07 bits per heavy atom. The predicted octanol–water partition coefficient (Wildman–Crippen LogP) is 2.58. The molecular weight excluding hydrogens is 212 g/mol. The number of benzene rings is 1. The number of carbonyl (C=O) groups excluding carboxylic acids is 1. The van der Waals surface area contributed by atoms with E-state index in [9.17, 15) is 4.79 Å². The molecule has 0 spiro atoms. The predicted molar refractivity (Wildman–Crippen MR) is 59.7 cm³/mol. The van der Waals surface area contributed by atoms with Crippen LogP contribution in [0.2, 0.25) is 0 Å². The van der Waals surface area contributed by atoms with E-state index in [0.29, 0.717) is 5.56 Å². The second-order valence-electron chi connectivity index (χ2n) is 2.63. The van der Waals surface area contributed by atoms with Crippen LogP contribution in [0, 0.1) is 11.8 Å². The normalized spacial score (nSPS) is 9.47. The Hall–Kier alpha value is -1.72. The highest BCUT2D eigenvalue weighted by molar-refractivity contribution is 6.25. The van der Waals surface area contributed by atoms with Gasteiger partial charge in [0, 0.05) is 11.1 Å². The smallest absolute Gasteiger partial charge is 0.337 e. The summed E-state index contributed by atoms with van der Waals surface area (Å²) >= 11 is 5.31. The van der Waals surface area contributed by atoms with Crippen molar-refractivity contribution in [1.82, 2.24) is 0 Å². The zero-order valence-corrected chi connectivity index (χ0v) is 8.91. The highest BCUT2D eigenvalue weighted by atomic mass is 35.5. The van der Waals surface area contributed by atoms with Crippen molar-refractivity contribution in [3.63, 3.8) is 0 Å². The number of hydrogen-bond donors (Lipinski definition) is 0. The average Bonchev–Trinajstić information content (AvgIpc) is 2.29. The summed E-state index contributed by atoms with van der Waals surface area (Å²) in [5.41, 5.74) is 2.67. The molecule has 0 saturated heterocycles. The molecule has 0 atom stereocenters. The molecule has 0 aliphatic heterocycles. The maximum absolute atomic E-state index is 11.1. The van der Waals surface area contributed by atoms with Crippen LogP contribution in [0.15, 0.2) is 35.9 Å². The van der Waals surface area contributed by atoms with Gasteiger partial charge in [-0.1, -0.05) is 23.4 Å². The molecule has 0 aliphatic carbocycles. The number of halogens is 1. The number of allylic oxidation sites excluding steroid dienone is 1. The third kappa shape index (κ3) is 3.49. The molecule has 15 heavy (non-hydrogen) atoms. The van der Waals surface area contributed by atoms with E-state index in [2.05, 4.69) is 16.6 Å². The third-order valence-corrected chi connectivity index (χ3v) is 1.79. The Balaban J connectivity index is 2.82. The topological polar surface area (TPSA) is 26.3 Å². The van der Waals surface area contributed by atoms with Crippen LogP contribution in [0.25, 0.3) is 0 Å². The molecule has 1 rings (SSSR count). The summed E-state index contributed by atoms with van der Waals surface area (Å²) in [5, 5.41) is 0. The van der Waals surface area contributed by atoms with Gasteiger partial charge in [-0.25, -0.2) is 4.79 Å². The Kier molecular flexibility index (Phi) is 4.46. The van der Waals surface area contributed by atoms with Crippen LogP contribution in [0.1, 0.15) is 15.9 Å². The van der Waals surface area contributed by atoms with E-state index in [-0.39, 0.29) is 5.97 Å². The van der Waals surface area contributed by atoms with Crippen molar-refractivity contribution in [2.24, 2.45) is 0 Å². The molecule has 0 N–H and O–H groups in total. The van der Waals surface area contributed by atoms with Gasteiger partial charge in [-0.3, -0.25) is 0 Å². The highest BCUT2D eigenvalue weighted by Crippen LogP contribution is 2.04. The summed E-state index contributed by atoms with van der Waals surface area (Å²) in [6, 6.07) is 6.84. The standard InChI is InChI=1S/C12H9ClO2/c1-15-12(14)11-7-5-10(6-8-11)4-2-3-9-13/h3,5-9H,1H3. The minimum atomic E-state index is -0.352. The molecule has 0 aliphatic rings. The van der Waals surface area contributed by atoms with Gasteiger partial charge in [0.15, 0.2) is 0 Å². The fourth-order valence-corrected chi connectivity index (χ4v) is 1.03. The maximum Gasteiger partial charge on any atom is 0.337 e. The van der Waals surface area contributed by atoms with Crippen LogP contribution < -0.4 is 0 Å². The lowest BCUT2D eigenvalue weighted by molar-refractivity contribution is 0.0601. The van der Waals surface area contributed by atoms with E-state index in [1.807, 2.05) is 0 Å². The van der Waals surface area contributed by atoms with Gasteiger partial charge < -0.3 is 4.74 Å². The molecule has 2 nitrogen and oxygen atoms in total. The lowest BCUT2D eigenvalue weighted by Crippen LogP contribution is -2.00. The van der Waals surface area contributed by atoms with E-state index in [1.165, 1.54) is 18.7 Å². The van der Waals surface area contributed by atoms with E-state index in [4.69, 9.17) is 11.6 Å². The van der Waals surface area contributed by atoms with Gasteiger partial charge in [0.25, 0.3) is 0 Å². The van der Waals surface area contributed by atoms with Crippen molar-refractivity contribution < 1.29 is 9.53 Å². The van der Waals surface area contributed by atoms with Crippen LogP contribution in [-0.4, -0.2) is 13.1 Å². The van der Waals surface area contributed by atoms with Crippen molar-refractivity contribution in [3.05, 3.63) is 47.0 Å². The van der Waals surface area contributed by atoms with Gasteiger partial charge in [0.2, 0.25) is 0 Å². The van der Waals surface area contributed by atoms with Crippen molar-refractivity contribution >= 4 is 17.6 Å². The zero-order chi connectivity index (χ0) is 11.1. The van der Waals surface area contributed by atoms with Gasteiger partial charge in [-0.2, -0.15) is 0 Å². The molecule has 0 saturated carbocycles. The quantitative estimate of drug-likeness (QED) is 0.537. The molecule has 3 heteroatoms. The van der Waals surface area contributed by atoms with Gasteiger partial charge in [-0.05, 0) is 30.3 Å². The number of ether oxygens (including phenoxy) is 1. The molecule has 0 radical (unpaired) electrons. The van der Waals surface area contributed by atoms with E-state index in [1.54, 1.807) is 24.3 Å². The molecule has 76 valence electrons.